The Morgan fingerprint density at radius 1 is 1.07 bits per heavy atom. The third kappa shape index (κ3) is 9.77. The number of hydrogen-bond donors (Lipinski definition) is 2. The summed E-state index contributed by atoms with van der Waals surface area (Å²) < 4.78 is 10.9. The Balaban J connectivity index is 0.00000450. The quantitative estimate of drug-likeness (QED) is 0.204. The Kier molecular flexibility index (Phi) is 13.1. The minimum Gasteiger partial charge on any atom is -0.491 e. The maximum absolute atomic E-state index is 5.86. The van der Waals surface area contributed by atoms with Crippen LogP contribution >= 0.6 is 24.0 Å². The highest BCUT2D eigenvalue weighted by molar-refractivity contribution is 14.0. The zero-order chi connectivity index (χ0) is 20.9. The summed E-state index contributed by atoms with van der Waals surface area (Å²) in [5.74, 6) is 1.66. The van der Waals surface area contributed by atoms with Crippen molar-refractivity contribution in [3.8, 4) is 5.75 Å². The smallest absolute Gasteiger partial charge is 0.191 e. The van der Waals surface area contributed by atoms with Gasteiger partial charge in [-0.1, -0.05) is 42.5 Å². The molecule has 0 aliphatic heterocycles. The number of hydrogen-bond acceptors (Lipinski definition) is 4. The number of nitrogens with zero attached hydrogens (tertiary/aromatic N) is 2. The summed E-state index contributed by atoms with van der Waals surface area (Å²) in [6.45, 7) is 6.48. The molecule has 0 aliphatic rings. The summed E-state index contributed by atoms with van der Waals surface area (Å²) in [6.07, 6.45) is 0. The molecular weight excluding hydrogens is 491 g/mol. The molecule has 0 unspecified atom stereocenters. The summed E-state index contributed by atoms with van der Waals surface area (Å²) in [6, 6.07) is 16.7. The molecule has 2 N–H and O–H groups in total. The van der Waals surface area contributed by atoms with E-state index in [1.807, 2.05) is 6.07 Å². The average Bonchev–Trinajstić information content (AvgIpc) is 2.72. The molecule has 6 nitrogen and oxygen atoms in total. The predicted molar refractivity (Wildman–Crippen MR) is 135 cm³/mol. The molecule has 2 aromatic rings. The molecule has 0 atom stereocenters. The van der Waals surface area contributed by atoms with E-state index in [0.717, 1.165) is 36.9 Å². The van der Waals surface area contributed by atoms with Crippen molar-refractivity contribution in [2.45, 2.75) is 20.0 Å². The van der Waals surface area contributed by atoms with E-state index in [4.69, 9.17) is 9.47 Å². The second kappa shape index (κ2) is 15.0. The molecule has 0 fully saturated rings. The van der Waals surface area contributed by atoms with Gasteiger partial charge in [-0.05, 0) is 31.2 Å². The highest BCUT2D eigenvalue weighted by atomic mass is 127. The highest BCUT2D eigenvalue weighted by Gasteiger charge is 2.06. The molecule has 0 saturated heterocycles. The molecule has 0 spiro atoms. The average molecular weight is 526 g/mol. The van der Waals surface area contributed by atoms with Crippen LogP contribution in [0.5, 0.6) is 5.75 Å². The van der Waals surface area contributed by atoms with E-state index in [2.05, 4.69) is 77.0 Å². The van der Waals surface area contributed by atoms with Crippen molar-refractivity contribution in [2.75, 3.05) is 47.5 Å². The van der Waals surface area contributed by atoms with E-state index in [1.54, 1.807) is 14.2 Å². The fraction of sp³-hybridized carbons (Fsp3) is 0.435. The topological polar surface area (TPSA) is 58.1 Å². The summed E-state index contributed by atoms with van der Waals surface area (Å²) in [4.78, 5) is 6.61. The number of rotatable bonds is 11. The molecule has 30 heavy (non-hydrogen) atoms. The van der Waals surface area contributed by atoms with Gasteiger partial charge in [0.05, 0.1) is 6.61 Å². The van der Waals surface area contributed by atoms with Crippen LogP contribution in [0.15, 0.2) is 53.5 Å². The molecule has 0 aliphatic carbocycles. The molecule has 0 bridgehead atoms. The Morgan fingerprint density at radius 2 is 1.83 bits per heavy atom. The van der Waals surface area contributed by atoms with Crippen molar-refractivity contribution in [3.05, 3.63) is 65.2 Å². The van der Waals surface area contributed by atoms with Crippen LogP contribution < -0.4 is 15.4 Å². The number of benzene rings is 2. The van der Waals surface area contributed by atoms with Gasteiger partial charge in [0.15, 0.2) is 5.96 Å². The molecule has 0 saturated carbocycles. The summed E-state index contributed by atoms with van der Waals surface area (Å²) in [5.41, 5.74) is 3.58. The summed E-state index contributed by atoms with van der Waals surface area (Å²) >= 11 is 0. The van der Waals surface area contributed by atoms with E-state index >= 15 is 0 Å². The van der Waals surface area contributed by atoms with Gasteiger partial charge in [-0.3, -0.25) is 4.99 Å². The van der Waals surface area contributed by atoms with Crippen LogP contribution in [-0.4, -0.2) is 58.4 Å². The van der Waals surface area contributed by atoms with Gasteiger partial charge in [0.2, 0.25) is 0 Å². The molecular formula is C23H35IN4O2. The third-order valence-electron chi connectivity index (χ3n) is 4.52. The van der Waals surface area contributed by atoms with Gasteiger partial charge in [-0.25, -0.2) is 0 Å². The van der Waals surface area contributed by atoms with E-state index in [0.29, 0.717) is 19.8 Å². The summed E-state index contributed by atoms with van der Waals surface area (Å²) in [5, 5.41) is 6.74. The summed E-state index contributed by atoms with van der Waals surface area (Å²) in [7, 11) is 5.59. The number of likely N-dealkylation sites (N-methyl/N-ethyl adjacent to an activating group) is 1. The number of nitrogens with one attached hydrogen (secondary N) is 2. The van der Waals surface area contributed by atoms with E-state index in [1.165, 1.54) is 11.1 Å². The Hall–Kier alpha value is -1.84. The zero-order valence-electron chi connectivity index (χ0n) is 18.5. The molecule has 166 valence electrons. The lowest BCUT2D eigenvalue weighted by atomic mass is 10.1. The second-order valence-electron chi connectivity index (χ2n) is 7.03. The molecule has 2 rings (SSSR count). The van der Waals surface area contributed by atoms with E-state index < -0.39 is 0 Å². The second-order valence-corrected chi connectivity index (χ2v) is 7.03. The number of halogens is 1. The van der Waals surface area contributed by atoms with Gasteiger partial charge in [-0.15, -0.1) is 24.0 Å². The van der Waals surface area contributed by atoms with Crippen molar-refractivity contribution in [3.63, 3.8) is 0 Å². The van der Waals surface area contributed by atoms with Crippen molar-refractivity contribution in [1.82, 2.24) is 15.5 Å². The first kappa shape index (κ1) is 26.2. The van der Waals surface area contributed by atoms with Gasteiger partial charge in [0, 0.05) is 45.9 Å². The SMILES string of the molecule is CN=C(NCCN(C)Cc1ccccc1)NCc1ccc(C)cc1OCCOC.I. The number of aryl methyl sites for hydroxylation is 1. The maximum Gasteiger partial charge on any atom is 0.191 e. The number of guanidine groups is 1. The Morgan fingerprint density at radius 3 is 2.53 bits per heavy atom. The minimum absolute atomic E-state index is 0. The fourth-order valence-electron chi connectivity index (χ4n) is 2.92. The molecule has 2 aromatic carbocycles. The molecule has 7 heteroatoms. The van der Waals surface area contributed by atoms with Crippen LogP contribution in [0, 0.1) is 6.92 Å². The highest BCUT2D eigenvalue weighted by Crippen LogP contribution is 2.20. The van der Waals surface area contributed by atoms with E-state index in [9.17, 15) is 0 Å². The van der Waals surface area contributed by atoms with Gasteiger partial charge < -0.3 is 25.0 Å². The van der Waals surface area contributed by atoms with Gasteiger partial charge in [0.25, 0.3) is 0 Å². The maximum atomic E-state index is 5.86. The van der Waals surface area contributed by atoms with Crippen molar-refractivity contribution in [1.29, 1.82) is 0 Å². The third-order valence-corrected chi connectivity index (χ3v) is 4.52. The molecule has 0 aromatic heterocycles. The Bertz CT molecular complexity index is 756. The van der Waals surface area contributed by atoms with Crippen LogP contribution in [0.2, 0.25) is 0 Å². The van der Waals surface area contributed by atoms with Gasteiger partial charge in [0.1, 0.15) is 12.4 Å². The zero-order valence-corrected chi connectivity index (χ0v) is 20.8. The fourth-order valence-corrected chi connectivity index (χ4v) is 2.92. The van der Waals surface area contributed by atoms with Crippen molar-refractivity contribution < 1.29 is 9.47 Å². The standard InChI is InChI=1S/C23H34N4O2.HI/c1-19-10-11-21(22(16-19)29-15-14-28-4)17-26-23(24-2)25-12-13-27(3)18-20-8-6-5-7-9-20;/h5-11,16H,12-15,17-18H2,1-4H3,(H2,24,25,26);1H. The molecule has 0 radical (unpaired) electrons. The first-order valence-electron chi connectivity index (χ1n) is 10.0. The lowest BCUT2D eigenvalue weighted by Gasteiger charge is -2.19. The predicted octanol–water partition coefficient (Wildman–Crippen LogP) is 3.44. The van der Waals surface area contributed by atoms with E-state index in [-0.39, 0.29) is 24.0 Å². The first-order valence-corrected chi connectivity index (χ1v) is 10.0. The number of methoxy groups -OCH3 is 1. The molecule has 0 heterocycles. The van der Waals surface area contributed by atoms with Crippen LogP contribution in [0.3, 0.4) is 0 Å². The minimum atomic E-state index is 0. The number of aliphatic imine (C=N–C) groups is 1. The van der Waals surface area contributed by atoms with Gasteiger partial charge >= 0.3 is 0 Å². The van der Waals surface area contributed by atoms with Crippen LogP contribution in [-0.2, 0) is 17.8 Å². The Labute approximate surface area is 198 Å². The normalized spacial score (nSPS) is 11.2. The first-order chi connectivity index (χ1) is 14.1. The van der Waals surface area contributed by atoms with Crippen LogP contribution in [0.25, 0.3) is 0 Å². The monoisotopic (exact) mass is 526 g/mol. The van der Waals surface area contributed by atoms with Crippen LogP contribution in [0.1, 0.15) is 16.7 Å². The van der Waals surface area contributed by atoms with Crippen LogP contribution in [0.4, 0.5) is 0 Å². The molecule has 0 amide bonds. The van der Waals surface area contributed by atoms with Crippen molar-refractivity contribution in [2.24, 2.45) is 4.99 Å². The van der Waals surface area contributed by atoms with Crippen molar-refractivity contribution >= 4 is 29.9 Å². The lowest BCUT2D eigenvalue weighted by molar-refractivity contribution is 0.145. The van der Waals surface area contributed by atoms with Gasteiger partial charge in [-0.2, -0.15) is 0 Å². The largest absolute Gasteiger partial charge is 0.491 e. The number of ether oxygens (including phenoxy) is 2. The lowest BCUT2D eigenvalue weighted by Crippen LogP contribution is -2.40.